The lowest BCUT2D eigenvalue weighted by Gasteiger charge is -2.23. The Morgan fingerprint density at radius 2 is 2.04 bits per heavy atom. The van der Waals surface area contributed by atoms with Gasteiger partial charge in [0.1, 0.15) is 11.5 Å². The van der Waals surface area contributed by atoms with Gasteiger partial charge in [0.2, 0.25) is 5.76 Å². The molecule has 1 aliphatic rings. The number of fused-ring (bicyclic) bond motifs is 1. The van der Waals surface area contributed by atoms with Crippen LogP contribution in [0.3, 0.4) is 0 Å². The zero-order valence-electron chi connectivity index (χ0n) is 13.1. The van der Waals surface area contributed by atoms with Crippen molar-refractivity contribution >= 4 is 5.91 Å². The predicted molar refractivity (Wildman–Crippen MR) is 85.3 cm³/mol. The van der Waals surface area contributed by atoms with Crippen LogP contribution in [0.1, 0.15) is 33.5 Å². The second-order valence-electron chi connectivity index (χ2n) is 5.82. The summed E-state index contributed by atoms with van der Waals surface area (Å²) < 4.78 is 10.8. The minimum absolute atomic E-state index is 0.160. The van der Waals surface area contributed by atoms with Gasteiger partial charge in [-0.05, 0) is 12.0 Å². The van der Waals surface area contributed by atoms with E-state index in [9.17, 15) is 4.79 Å². The Labute approximate surface area is 139 Å². The van der Waals surface area contributed by atoms with Crippen LogP contribution in [0.5, 0.6) is 0 Å². The molecule has 0 bridgehead atoms. The molecule has 0 fully saturated rings. The maximum absolute atomic E-state index is 12.3. The van der Waals surface area contributed by atoms with Crippen LogP contribution in [0.4, 0.5) is 0 Å². The summed E-state index contributed by atoms with van der Waals surface area (Å²) in [7, 11) is 0. The van der Waals surface area contributed by atoms with E-state index in [1.54, 1.807) is 11.0 Å². The molecule has 0 aliphatic carbocycles. The maximum Gasteiger partial charge on any atom is 0.292 e. The number of rotatable bonds is 4. The van der Waals surface area contributed by atoms with Crippen molar-refractivity contribution in [2.24, 2.45) is 0 Å². The number of amides is 1. The molecule has 24 heavy (non-hydrogen) atoms. The first-order valence-corrected chi connectivity index (χ1v) is 8.01. The number of benzene rings is 1. The smallest absolute Gasteiger partial charge is 0.292 e. The molecule has 0 saturated heterocycles. The van der Waals surface area contributed by atoms with Crippen molar-refractivity contribution in [3.8, 4) is 0 Å². The molecular weight excluding hydrogens is 306 g/mol. The summed E-state index contributed by atoms with van der Waals surface area (Å²) in [6.07, 6.45) is 3.79. The Morgan fingerprint density at radius 3 is 2.83 bits per heavy atom. The summed E-state index contributed by atoms with van der Waals surface area (Å²) in [6.45, 7) is 1.05. The summed E-state index contributed by atoms with van der Waals surface area (Å²) in [4.78, 5) is 18.6. The number of aromatic nitrogens is 2. The van der Waals surface area contributed by atoms with Gasteiger partial charge in [-0.1, -0.05) is 35.5 Å². The Hall–Kier alpha value is -2.89. The fourth-order valence-electron chi connectivity index (χ4n) is 2.91. The molecule has 0 atom stereocenters. The molecule has 1 aliphatic heterocycles. The molecule has 0 saturated carbocycles. The number of oxazole rings is 1. The zero-order chi connectivity index (χ0) is 16.4. The van der Waals surface area contributed by atoms with Crippen LogP contribution in [0, 0.1) is 0 Å². The molecule has 6 nitrogen and oxygen atoms in total. The number of carbonyl (C=O) groups excluding carboxylic acids is 1. The van der Waals surface area contributed by atoms with E-state index in [4.69, 9.17) is 8.94 Å². The average molecular weight is 323 g/mol. The molecule has 0 radical (unpaired) electrons. The van der Waals surface area contributed by atoms with Gasteiger partial charge in [-0.3, -0.25) is 4.79 Å². The van der Waals surface area contributed by atoms with E-state index in [1.165, 1.54) is 11.8 Å². The van der Waals surface area contributed by atoms with Gasteiger partial charge in [0.25, 0.3) is 5.91 Å². The maximum atomic E-state index is 12.3. The van der Waals surface area contributed by atoms with Crippen LogP contribution in [0.2, 0.25) is 0 Å². The lowest BCUT2D eigenvalue weighted by molar-refractivity contribution is 0.0685. The number of hydrogen-bond donors (Lipinski definition) is 0. The fourth-order valence-corrected chi connectivity index (χ4v) is 2.91. The summed E-state index contributed by atoms with van der Waals surface area (Å²) in [6, 6.07) is 11.8. The van der Waals surface area contributed by atoms with E-state index in [0.29, 0.717) is 19.5 Å². The van der Waals surface area contributed by atoms with E-state index in [0.717, 1.165) is 30.2 Å². The van der Waals surface area contributed by atoms with Crippen LogP contribution in [0.25, 0.3) is 0 Å². The van der Waals surface area contributed by atoms with Crippen LogP contribution in [-0.4, -0.2) is 27.5 Å². The highest BCUT2D eigenvalue weighted by atomic mass is 16.5. The van der Waals surface area contributed by atoms with Crippen molar-refractivity contribution in [1.82, 2.24) is 15.0 Å². The average Bonchev–Trinajstić information content (AvgIpc) is 3.29. The van der Waals surface area contributed by atoms with Gasteiger partial charge in [-0.25, -0.2) is 4.98 Å². The van der Waals surface area contributed by atoms with Gasteiger partial charge in [0.05, 0.1) is 12.7 Å². The van der Waals surface area contributed by atoms with Gasteiger partial charge in [0, 0.05) is 25.5 Å². The van der Waals surface area contributed by atoms with Crippen molar-refractivity contribution in [1.29, 1.82) is 0 Å². The van der Waals surface area contributed by atoms with Crippen molar-refractivity contribution in [2.45, 2.75) is 25.8 Å². The summed E-state index contributed by atoms with van der Waals surface area (Å²) >= 11 is 0. The molecule has 6 heteroatoms. The number of carbonyl (C=O) groups is 1. The summed E-state index contributed by atoms with van der Waals surface area (Å²) in [5.74, 6) is 1.72. The SMILES string of the molecule is O=C(c1ccno1)N1CCc2oc(CCc3ccccc3)nc2C1. The highest BCUT2D eigenvalue weighted by Gasteiger charge is 2.27. The minimum Gasteiger partial charge on any atom is -0.445 e. The Kier molecular flexibility index (Phi) is 3.86. The van der Waals surface area contributed by atoms with E-state index < -0.39 is 0 Å². The molecule has 0 N–H and O–H groups in total. The lowest BCUT2D eigenvalue weighted by atomic mass is 10.1. The number of aryl methyl sites for hydroxylation is 2. The quantitative estimate of drug-likeness (QED) is 0.738. The highest BCUT2D eigenvalue weighted by Crippen LogP contribution is 2.22. The molecular formula is C18H17N3O3. The van der Waals surface area contributed by atoms with Crippen molar-refractivity contribution < 1.29 is 13.7 Å². The molecule has 1 amide bonds. The van der Waals surface area contributed by atoms with E-state index in [2.05, 4.69) is 22.3 Å². The number of hydrogen-bond acceptors (Lipinski definition) is 5. The van der Waals surface area contributed by atoms with Crippen LogP contribution < -0.4 is 0 Å². The first-order chi connectivity index (χ1) is 11.8. The molecule has 1 aromatic carbocycles. The first-order valence-electron chi connectivity index (χ1n) is 8.01. The second-order valence-corrected chi connectivity index (χ2v) is 5.82. The summed E-state index contributed by atoms with van der Waals surface area (Å²) in [5.41, 5.74) is 2.10. The standard InChI is InChI=1S/C18H17N3O3/c22-18(16-8-10-19-24-16)21-11-9-15-14(12-21)20-17(23-15)7-6-13-4-2-1-3-5-13/h1-5,8,10H,6-7,9,11-12H2. The third-order valence-corrected chi connectivity index (χ3v) is 4.18. The zero-order valence-corrected chi connectivity index (χ0v) is 13.1. The molecule has 3 aromatic rings. The van der Waals surface area contributed by atoms with Gasteiger partial charge >= 0.3 is 0 Å². The highest BCUT2D eigenvalue weighted by molar-refractivity contribution is 5.91. The Bertz CT molecular complexity index is 825. The predicted octanol–water partition coefficient (Wildman–Crippen LogP) is 2.65. The minimum atomic E-state index is -0.160. The molecule has 4 rings (SSSR count). The van der Waals surface area contributed by atoms with Gasteiger partial charge in [-0.15, -0.1) is 0 Å². The topological polar surface area (TPSA) is 72.4 Å². The molecule has 122 valence electrons. The first kappa shape index (κ1) is 14.7. The van der Waals surface area contributed by atoms with Crippen molar-refractivity contribution in [3.05, 3.63) is 71.3 Å². The molecule has 2 aromatic heterocycles. The lowest BCUT2D eigenvalue weighted by Crippen LogP contribution is -2.35. The van der Waals surface area contributed by atoms with Crippen LogP contribution >= 0.6 is 0 Å². The fraction of sp³-hybridized carbons (Fsp3) is 0.278. The molecule has 0 unspecified atom stereocenters. The monoisotopic (exact) mass is 323 g/mol. The van der Waals surface area contributed by atoms with Crippen LogP contribution in [-0.2, 0) is 25.8 Å². The Morgan fingerprint density at radius 1 is 1.17 bits per heavy atom. The normalized spacial score (nSPS) is 13.8. The third-order valence-electron chi connectivity index (χ3n) is 4.18. The van der Waals surface area contributed by atoms with Gasteiger partial charge in [0.15, 0.2) is 5.89 Å². The van der Waals surface area contributed by atoms with Crippen LogP contribution in [0.15, 0.2) is 51.5 Å². The van der Waals surface area contributed by atoms with E-state index >= 15 is 0 Å². The van der Waals surface area contributed by atoms with Gasteiger partial charge < -0.3 is 13.8 Å². The summed E-state index contributed by atoms with van der Waals surface area (Å²) in [5, 5.41) is 3.58. The second kappa shape index (κ2) is 6.31. The molecule has 3 heterocycles. The van der Waals surface area contributed by atoms with Crippen molar-refractivity contribution in [2.75, 3.05) is 6.54 Å². The third kappa shape index (κ3) is 2.95. The largest absolute Gasteiger partial charge is 0.445 e. The van der Waals surface area contributed by atoms with Crippen molar-refractivity contribution in [3.63, 3.8) is 0 Å². The van der Waals surface area contributed by atoms with Gasteiger partial charge in [-0.2, -0.15) is 0 Å². The van der Waals surface area contributed by atoms with E-state index in [-0.39, 0.29) is 11.7 Å². The van der Waals surface area contributed by atoms with E-state index in [1.807, 2.05) is 18.2 Å². The molecule has 0 spiro atoms. The number of nitrogens with zero attached hydrogens (tertiary/aromatic N) is 3. The Balaban J connectivity index is 1.43.